The molecule has 2 aromatic rings. The molecule has 7 heteroatoms. The van der Waals surface area contributed by atoms with E-state index in [1.165, 1.54) is 0 Å². The molecule has 0 heterocycles. The number of amides is 3. The van der Waals surface area contributed by atoms with Crippen LogP contribution < -0.4 is 16.0 Å². The molecule has 0 aromatic heterocycles. The van der Waals surface area contributed by atoms with Crippen LogP contribution in [0.25, 0.3) is 0 Å². The van der Waals surface area contributed by atoms with Crippen LogP contribution in [0.3, 0.4) is 0 Å². The van der Waals surface area contributed by atoms with E-state index < -0.39 is 12.1 Å². The van der Waals surface area contributed by atoms with Gasteiger partial charge < -0.3 is 16.0 Å². The van der Waals surface area contributed by atoms with Crippen molar-refractivity contribution in [1.82, 2.24) is 10.6 Å². The normalized spacial score (nSPS) is 11.7. The fourth-order valence-electron chi connectivity index (χ4n) is 2.32. The van der Waals surface area contributed by atoms with Crippen molar-refractivity contribution in [2.24, 2.45) is 5.92 Å². The standard InChI is InChI=1S/C19H21Cl2N3O2/c1-12(2)17(24-19(26)23-15-6-4-3-5-7-15)18(25)22-11-13-8-9-14(20)10-16(13)21/h3-10,12,17H,11H2,1-2H3,(H,22,25)(H2,23,24,26). The Morgan fingerprint density at radius 3 is 2.35 bits per heavy atom. The molecular formula is C19H21Cl2N3O2. The Bertz CT molecular complexity index is 767. The summed E-state index contributed by atoms with van der Waals surface area (Å²) >= 11 is 12.0. The first-order valence-electron chi connectivity index (χ1n) is 8.21. The molecule has 0 fully saturated rings. The van der Waals surface area contributed by atoms with Crippen molar-refractivity contribution in [2.75, 3.05) is 5.32 Å². The molecule has 0 radical (unpaired) electrons. The predicted octanol–water partition coefficient (Wildman–Crippen LogP) is 4.46. The van der Waals surface area contributed by atoms with Crippen LogP contribution in [0.4, 0.5) is 10.5 Å². The lowest BCUT2D eigenvalue weighted by Gasteiger charge is -2.22. The van der Waals surface area contributed by atoms with Crippen molar-refractivity contribution in [3.8, 4) is 0 Å². The Morgan fingerprint density at radius 1 is 1.04 bits per heavy atom. The zero-order chi connectivity index (χ0) is 19.1. The van der Waals surface area contributed by atoms with Crippen LogP contribution in [0.5, 0.6) is 0 Å². The summed E-state index contributed by atoms with van der Waals surface area (Å²) in [4.78, 5) is 24.7. The fraction of sp³-hybridized carbons (Fsp3) is 0.263. The molecule has 0 spiro atoms. The zero-order valence-corrected chi connectivity index (χ0v) is 16.1. The molecule has 0 aliphatic rings. The van der Waals surface area contributed by atoms with Gasteiger partial charge in [-0.05, 0) is 35.7 Å². The number of hydrogen-bond acceptors (Lipinski definition) is 2. The summed E-state index contributed by atoms with van der Waals surface area (Å²) in [6.45, 7) is 3.98. The summed E-state index contributed by atoms with van der Waals surface area (Å²) in [6.07, 6.45) is 0. The Morgan fingerprint density at radius 2 is 1.73 bits per heavy atom. The maximum absolute atomic E-state index is 12.5. The van der Waals surface area contributed by atoms with Gasteiger partial charge in [0.15, 0.2) is 0 Å². The highest BCUT2D eigenvalue weighted by molar-refractivity contribution is 6.35. The molecule has 0 saturated carbocycles. The van der Waals surface area contributed by atoms with Crippen molar-refractivity contribution < 1.29 is 9.59 Å². The summed E-state index contributed by atoms with van der Waals surface area (Å²) in [5.74, 6) is -0.369. The summed E-state index contributed by atoms with van der Waals surface area (Å²) in [6, 6.07) is 13.0. The number of anilines is 1. The van der Waals surface area contributed by atoms with Crippen LogP contribution in [0.1, 0.15) is 19.4 Å². The minimum absolute atomic E-state index is 0.0859. The number of benzene rings is 2. The van der Waals surface area contributed by atoms with Crippen LogP contribution in [-0.2, 0) is 11.3 Å². The van der Waals surface area contributed by atoms with Crippen molar-refractivity contribution >= 4 is 40.8 Å². The number of urea groups is 1. The van der Waals surface area contributed by atoms with Gasteiger partial charge in [0.05, 0.1) is 0 Å². The average Bonchev–Trinajstić information content (AvgIpc) is 2.59. The quantitative estimate of drug-likeness (QED) is 0.677. The van der Waals surface area contributed by atoms with E-state index in [0.29, 0.717) is 15.7 Å². The van der Waals surface area contributed by atoms with E-state index in [2.05, 4.69) is 16.0 Å². The van der Waals surface area contributed by atoms with E-state index >= 15 is 0 Å². The first-order valence-corrected chi connectivity index (χ1v) is 8.96. The topological polar surface area (TPSA) is 70.2 Å². The molecule has 0 aliphatic heterocycles. The van der Waals surface area contributed by atoms with Crippen LogP contribution in [-0.4, -0.2) is 18.0 Å². The van der Waals surface area contributed by atoms with Gasteiger partial charge in [-0.1, -0.05) is 61.3 Å². The van der Waals surface area contributed by atoms with E-state index in [4.69, 9.17) is 23.2 Å². The minimum atomic E-state index is -0.676. The third-order valence-electron chi connectivity index (χ3n) is 3.74. The number of rotatable bonds is 6. The average molecular weight is 394 g/mol. The number of nitrogens with one attached hydrogen (secondary N) is 3. The van der Waals surface area contributed by atoms with E-state index in [1.807, 2.05) is 32.0 Å². The molecule has 0 bridgehead atoms. The highest BCUT2D eigenvalue weighted by atomic mass is 35.5. The SMILES string of the molecule is CC(C)C(NC(=O)Nc1ccccc1)C(=O)NCc1ccc(Cl)cc1Cl. The third-order valence-corrected chi connectivity index (χ3v) is 4.32. The second-order valence-corrected chi connectivity index (χ2v) is 6.98. The Labute approximate surface area is 163 Å². The van der Waals surface area contributed by atoms with Gasteiger partial charge in [0.25, 0.3) is 0 Å². The van der Waals surface area contributed by atoms with Gasteiger partial charge in [-0.15, -0.1) is 0 Å². The molecule has 3 N–H and O–H groups in total. The van der Waals surface area contributed by atoms with Crippen LogP contribution in [0, 0.1) is 5.92 Å². The summed E-state index contributed by atoms with van der Waals surface area (Å²) in [5.41, 5.74) is 1.40. The largest absolute Gasteiger partial charge is 0.350 e. The highest BCUT2D eigenvalue weighted by Crippen LogP contribution is 2.20. The second-order valence-electron chi connectivity index (χ2n) is 6.14. The number of carbonyl (C=O) groups excluding carboxylic acids is 2. The number of hydrogen-bond donors (Lipinski definition) is 3. The highest BCUT2D eigenvalue weighted by Gasteiger charge is 2.24. The summed E-state index contributed by atoms with van der Waals surface area (Å²) < 4.78 is 0. The lowest BCUT2D eigenvalue weighted by molar-refractivity contribution is -0.124. The molecular weight excluding hydrogens is 373 g/mol. The molecule has 2 aromatic carbocycles. The third kappa shape index (κ3) is 5.93. The first kappa shape index (κ1) is 20.1. The van der Waals surface area contributed by atoms with Gasteiger partial charge in [0, 0.05) is 22.3 Å². The van der Waals surface area contributed by atoms with Crippen LogP contribution in [0.2, 0.25) is 10.0 Å². The molecule has 1 atom stereocenters. The maximum atomic E-state index is 12.5. The van der Waals surface area contributed by atoms with E-state index in [0.717, 1.165) is 5.56 Å². The Balaban J connectivity index is 1.95. The monoisotopic (exact) mass is 393 g/mol. The molecule has 0 aliphatic carbocycles. The van der Waals surface area contributed by atoms with Gasteiger partial charge in [-0.2, -0.15) is 0 Å². The summed E-state index contributed by atoms with van der Waals surface area (Å²) in [7, 11) is 0. The lowest BCUT2D eigenvalue weighted by Crippen LogP contribution is -2.50. The van der Waals surface area contributed by atoms with Crippen molar-refractivity contribution in [2.45, 2.75) is 26.4 Å². The zero-order valence-electron chi connectivity index (χ0n) is 14.6. The van der Waals surface area contributed by atoms with E-state index in [9.17, 15) is 9.59 Å². The Hall–Kier alpha value is -2.24. The van der Waals surface area contributed by atoms with Crippen LogP contribution >= 0.6 is 23.2 Å². The molecule has 26 heavy (non-hydrogen) atoms. The second kappa shape index (κ2) is 9.46. The maximum Gasteiger partial charge on any atom is 0.319 e. The Kier molecular flexibility index (Phi) is 7.30. The smallest absolute Gasteiger partial charge is 0.319 e. The fourth-order valence-corrected chi connectivity index (χ4v) is 2.80. The molecule has 2 rings (SSSR count). The first-order chi connectivity index (χ1) is 12.4. The van der Waals surface area contributed by atoms with Crippen LogP contribution in [0.15, 0.2) is 48.5 Å². The van der Waals surface area contributed by atoms with Gasteiger partial charge in [0.1, 0.15) is 6.04 Å². The summed E-state index contributed by atoms with van der Waals surface area (Å²) in [5, 5.41) is 9.23. The number of carbonyl (C=O) groups is 2. The predicted molar refractivity (Wildman–Crippen MR) is 106 cm³/mol. The van der Waals surface area contributed by atoms with Gasteiger partial charge in [-0.3, -0.25) is 4.79 Å². The lowest BCUT2D eigenvalue weighted by atomic mass is 10.0. The van der Waals surface area contributed by atoms with Gasteiger partial charge in [-0.25, -0.2) is 4.79 Å². The van der Waals surface area contributed by atoms with Crippen molar-refractivity contribution in [3.63, 3.8) is 0 Å². The number of para-hydroxylation sites is 1. The minimum Gasteiger partial charge on any atom is -0.350 e. The molecule has 1 unspecified atom stereocenters. The van der Waals surface area contributed by atoms with E-state index in [-0.39, 0.29) is 18.4 Å². The van der Waals surface area contributed by atoms with Gasteiger partial charge in [0.2, 0.25) is 5.91 Å². The molecule has 138 valence electrons. The van der Waals surface area contributed by atoms with Crippen molar-refractivity contribution in [1.29, 1.82) is 0 Å². The molecule has 5 nitrogen and oxygen atoms in total. The number of halogens is 2. The van der Waals surface area contributed by atoms with E-state index in [1.54, 1.807) is 30.3 Å². The van der Waals surface area contributed by atoms with Gasteiger partial charge >= 0.3 is 6.03 Å². The molecule has 0 saturated heterocycles. The van der Waals surface area contributed by atoms with Crippen molar-refractivity contribution in [3.05, 3.63) is 64.1 Å². The molecule has 3 amide bonds.